The van der Waals surface area contributed by atoms with Crippen LogP contribution in [-0.2, 0) is 12.8 Å². The zero-order valence-electron chi connectivity index (χ0n) is 16.1. The molecule has 0 saturated carbocycles. The average Bonchev–Trinajstić information content (AvgIpc) is 3.32. The summed E-state index contributed by atoms with van der Waals surface area (Å²) in [5.41, 5.74) is 7.31. The lowest BCUT2D eigenvalue weighted by Crippen LogP contribution is -2.19. The number of nitro groups is 1. The maximum atomic E-state index is 12.7. The van der Waals surface area contributed by atoms with Crippen molar-refractivity contribution in [3.63, 3.8) is 0 Å². The third-order valence-corrected chi connectivity index (χ3v) is 6.33. The zero-order chi connectivity index (χ0) is 21.4. The highest BCUT2D eigenvalue weighted by molar-refractivity contribution is 7.17. The van der Waals surface area contributed by atoms with Crippen molar-refractivity contribution in [3.8, 4) is 11.3 Å². The summed E-state index contributed by atoms with van der Waals surface area (Å²) in [6, 6.07) is 9.03. The number of nitrogens with one attached hydrogen (secondary N) is 1. The predicted octanol–water partition coefficient (Wildman–Crippen LogP) is 4.39. The topological polar surface area (TPSA) is 128 Å². The summed E-state index contributed by atoms with van der Waals surface area (Å²) in [6.07, 6.45) is 2.59. The van der Waals surface area contributed by atoms with Gasteiger partial charge in [-0.05, 0) is 42.9 Å². The molecule has 1 aliphatic rings. The minimum atomic E-state index is -0.561. The van der Waals surface area contributed by atoms with E-state index in [1.54, 1.807) is 18.2 Å². The van der Waals surface area contributed by atoms with Crippen molar-refractivity contribution in [3.05, 3.63) is 68.3 Å². The zero-order valence-corrected chi connectivity index (χ0v) is 17.0. The summed E-state index contributed by atoms with van der Waals surface area (Å²) in [5, 5.41) is 14.1. The first-order valence-electron chi connectivity index (χ1n) is 9.44. The van der Waals surface area contributed by atoms with Gasteiger partial charge in [0.1, 0.15) is 10.8 Å². The molecule has 4 rings (SSSR count). The molecule has 0 aliphatic heterocycles. The van der Waals surface area contributed by atoms with Crippen LogP contribution in [0.3, 0.4) is 0 Å². The summed E-state index contributed by atoms with van der Waals surface area (Å²) in [4.78, 5) is 36.3. The number of thiophene rings is 1. The van der Waals surface area contributed by atoms with E-state index in [4.69, 9.17) is 10.2 Å². The molecule has 0 fully saturated rings. The molecule has 0 saturated heterocycles. The predicted molar refractivity (Wildman–Crippen MR) is 113 cm³/mol. The van der Waals surface area contributed by atoms with Gasteiger partial charge in [-0.25, -0.2) is 0 Å². The molecular formula is C21H19N3O5S. The van der Waals surface area contributed by atoms with Gasteiger partial charge >= 0.3 is 0 Å². The van der Waals surface area contributed by atoms with E-state index in [1.165, 1.54) is 29.5 Å². The largest absolute Gasteiger partial charge is 0.451 e. The Morgan fingerprint density at radius 2 is 2.10 bits per heavy atom. The van der Waals surface area contributed by atoms with Crippen molar-refractivity contribution in [2.75, 3.05) is 5.32 Å². The number of benzene rings is 1. The summed E-state index contributed by atoms with van der Waals surface area (Å²) >= 11 is 1.38. The van der Waals surface area contributed by atoms with E-state index in [2.05, 4.69) is 12.2 Å². The maximum Gasteiger partial charge on any atom is 0.292 e. The molecule has 8 nitrogen and oxygen atoms in total. The number of hydrogen-bond donors (Lipinski definition) is 2. The molecule has 2 heterocycles. The van der Waals surface area contributed by atoms with E-state index in [0.717, 1.165) is 29.7 Å². The number of nitrogens with zero attached hydrogens (tertiary/aromatic N) is 1. The molecule has 9 heteroatoms. The second-order valence-electron chi connectivity index (χ2n) is 7.35. The third kappa shape index (κ3) is 3.71. The van der Waals surface area contributed by atoms with E-state index in [0.29, 0.717) is 27.8 Å². The lowest BCUT2D eigenvalue weighted by molar-refractivity contribution is -0.384. The van der Waals surface area contributed by atoms with Gasteiger partial charge in [-0.15, -0.1) is 11.3 Å². The van der Waals surface area contributed by atoms with Gasteiger partial charge in [0, 0.05) is 22.6 Å². The number of rotatable bonds is 5. The first-order valence-corrected chi connectivity index (χ1v) is 10.3. The maximum absolute atomic E-state index is 12.7. The van der Waals surface area contributed by atoms with E-state index in [9.17, 15) is 19.7 Å². The smallest absolute Gasteiger partial charge is 0.292 e. The molecule has 1 atom stereocenters. The molecule has 2 aromatic heterocycles. The lowest BCUT2D eigenvalue weighted by Gasteiger charge is -2.18. The SMILES string of the molecule is CC1CCc2c(sc(NC(=O)c3ccc(-c4cccc([N+](=O)[O-])c4)o3)c2C(N)=O)C1. The fourth-order valence-corrected chi connectivity index (χ4v) is 5.06. The van der Waals surface area contributed by atoms with Crippen LogP contribution in [0.5, 0.6) is 0 Å². The number of amides is 2. The molecule has 3 aromatic rings. The van der Waals surface area contributed by atoms with Crippen LogP contribution >= 0.6 is 11.3 Å². The Morgan fingerprint density at radius 1 is 1.30 bits per heavy atom. The summed E-state index contributed by atoms with van der Waals surface area (Å²) in [6.45, 7) is 2.16. The van der Waals surface area contributed by atoms with Gasteiger partial charge in [0.05, 0.1) is 10.5 Å². The molecule has 1 aliphatic carbocycles. The number of non-ortho nitro benzene ring substituents is 1. The Kier molecular flexibility index (Phi) is 5.13. The minimum Gasteiger partial charge on any atom is -0.451 e. The Hall–Kier alpha value is -3.46. The molecule has 1 aromatic carbocycles. The van der Waals surface area contributed by atoms with Crippen LogP contribution in [-0.4, -0.2) is 16.7 Å². The highest BCUT2D eigenvalue weighted by Gasteiger charge is 2.28. The van der Waals surface area contributed by atoms with Gasteiger partial charge in [-0.2, -0.15) is 0 Å². The van der Waals surface area contributed by atoms with Gasteiger partial charge < -0.3 is 15.5 Å². The van der Waals surface area contributed by atoms with Gasteiger partial charge in [-0.1, -0.05) is 19.1 Å². The number of hydrogen-bond acceptors (Lipinski definition) is 6. The number of nitrogens with two attached hydrogens (primary N) is 1. The van der Waals surface area contributed by atoms with Gasteiger partial charge in [0.15, 0.2) is 5.76 Å². The van der Waals surface area contributed by atoms with E-state index < -0.39 is 16.7 Å². The minimum absolute atomic E-state index is 0.0340. The Bertz CT molecular complexity index is 1160. The number of anilines is 1. The highest BCUT2D eigenvalue weighted by Crippen LogP contribution is 2.39. The van der Waals surface area contributed by atoms with Crippen LogP contribution in [0.2, 0.25) is 0 Å². The van der Waals surface area contributed by atoms with E-state index >= 15 is 0 Å². The highest BCUT2D eigenvalue weighted by atomic mass is 32.1. The van der Waals surface area contributed by atoms with Crippen molar-refractivity contribution in [1.29, 1.82) is 0 Å². The van der Waals surface area contributed by atoms with Crippen LogP contribution in [0.1, 0.15) is 44.7 Å². The molecular weight excluding hydrogens is 406 g/mol. The fourth-order valence-electron chi connectivity index (χ4n) is 3.65. The summed E-state index contributed by atoms with van der Waals surface area (Å²) in [5.74, 6) is -0.192. The quantitative estimate of drug-likeness (QED) is 0.463. The van der Waals surface area contributed by atoms with Crippen LogP contribution < -0.4 is 11.1 Å². The monoisotopic (exact) mass is 425 g/mol. The molecule has 0 bridgehead atoms. The number of primary amides is 1. The van der Waals surface area contributed by atoms with Crippen LogP contribution in [0.25, 0.3) is 11.3 Å². The first kappa shape index (κ1) is 19.8. The Labute approximate surface area is 175 Å². The van der Waals surface area contributed by atoms with Crippen LogP contribution in [0.4, 0.5) is 10.7 Å². The Balaban J connectivity index is 1.59. The molecule has 3 N–H and O–H groups in total. The van der Waals surface area contributed by atoms with Gasteiger partial charge in [0.2, 0.25) is 0 Å². The number of fused-ring (bicyclic) bond motifs is 1. The molecule has 154 valence electrons. The lowest BCUT2D eigenvalue weighted by atomic mass is 9.88. The fraction of sp³-hybridized carbons (Fsp3) is 0.238. The van der Waals surface area contributed by atoms with Crippen LogP contribution in [0, 0.1) is 16.0 Å². The Morgan fingerprint density at radius 3 is 2.83 bits per heavy atom. The van der Waals surface area contributed by atoms with Crippen LogP contribution in [0.15, 0.2) is 40.8 Å². The standard InChI is InChI=1S/C21H19N3O5S/c1-11-5-6-14-17(9-11)30-21(18(14)19(22)25)23-20(26)16-8-7-15(29-16)12-3-2-4-13(10-12)24(27)28/h2-4,7-8,10-11H,5-6,9H2,1H3,(H2,22,25)(H,23,26). The molecule has 2 amide bonds. The molecule has 30 heavy (non-hydrogen) atoms. The van der Waals surface area contributed by atoms with Crippen molar-refractivity contribution >= 4 is 33.8 Å². The van der Waals surface area contributed by atoms with E-state index in [-0.39, 0.29) is 11.4 Å². The first-order chi connectivity index (χ1) is 14.3. The summed E-state index contributed by atoms with van der Waals surface area (Å²) < 4.78 is 5.61. The van der Waals surface area contributed by atoms with Crippen molar-refractivity contribution < 1.29 is 18.9 Å². The number of nitro benzene ring substituents is 1. The van der Waals surface area contributed by atoms with Gasteiger partial charge in [0.25, 0.3) is 17.5 Å². The molecule has 0 spiro atoms. The van der Waals surface area contributed by atoms with Crippen molar-refractivity contribution in [2.45, 2.75) is 26.2 Å². The second kappa shape index (κ2) is 7.75. The molecule has 0 radical (unpaired) electrons. The summed E-state index contributed by atoms with van der Waals surface area (Å²) in [7, 11) is 0. The third-order valence-electron chi connectivity index (χ3n) is 5.16. The van der Waals surface area contributed by atoms with Crippen molar-refractivity contribution in [2.24, 2.45) is 11.7 Å². The van der Waals surface area contributed by atoms with E-state index in [1.807, 2.05) is 0 Å². The normalized spacial score (nSPS) is 15.4. The number of carbonyl (C=O) groups is 2. The van der Waals surface area contributed by atoms with Gasteiger partial charge in [-0.3, -0.25) is 19.7 Å². The van der Waals surface area contributed by atoms with Crippen molar-refractivity contribution in [1.82, 2.24) is 0 Å². The average molecular weight is 425 g/mol. The second-order valence-corrected chi connectivity index (χ2v) is 8.45. The number of furan rings is 1. The molecule has 1 unspecified atom stereocenters. The number of carbonyl (C=O) groups excluding carboxylic acids is 2.